The predicted octanol–water partition coefficient (Wildman–Crippen LogP) is 2.77. The van der Waals surface area contributed by atoms with E-state index in [1.807, 2.05) is 12.1 Å². The molecule has 1 unspecified atom stereocenters. The largest absolute Gasteiger partial charge is 0.478 e. The molecule has 0 aromatic heterocycles. The van der Waals surface area contributed by atoms with E-state index in [-0.39, 0.29) is 6.10 Å². The molecule has 20 heavy (non-hydrogen) atoms. The van der Waals surface area contributed by atoms with Crippen molar-refractivity contribution in [1.82, 2.24) is 4.90 Å². The van der Waals surface area contributed by atoms with Crippen LogP contribution >= 0.6 is 0 Å². The van der Waals surface area contributed by atoms with Gasteiger partial charge in [0.15, 0.2) is 0 Å². The molecule has 1 aliphatic rings. The number of hydrogen-bond acceptors (Lipinski definition) is 3. The van der Waals surface area contributed by atoms with Gasteiger partial charge in [-0.05, 0) is 50.9 Å². The van der Waals surface area contributed by atoms with Gasteiger partial charge in [0.05, 0.1) is 17.8 Å². The summed E-state index contributed by atoms with van der Waals surface area (Å²) in [6.45, 7) is 7.04. The fourth-order valence-electron chi connectivity index (χ4n) is 2.66. The minimum Gasteiger partial charge on any atom is -0.478 e. The van der Waals surface area contributed by atoms with Gasteiger partial charge in [-0.3, -0.25) is 4.90 Å². The lowest BCUT2D eigenvalue weighted by atomic mass is 10.1. The summed E-state index contributed by atoms with van der Waals surface area (Å²) in [6.07, 6.45) is 2.88. The van der Waals surface area contributed by atoms with Crippen molar-refractivity contribution in [3.05, 3.63) is 35.4 Å². The van der Waals surface area contributed by atoms with E-state index in [9.17, 15) is 4.79 Å². The van der Waals surface area contributed by atoms with E-state index in [2.05, 4.69) is 18.7 Å². The molecule has 2 rings (SSSR count). The molecule has 1 heterocycles. The summed E-state index contributed by atoms with van der Waals surface area (Å²) in [4.78, 5) is 13.2. The van der Waals surface area contributed by atoms with Crippen LogP contribution in [0.2, 0.25) is 0 Å². The molecular weight excluding hydrogens is 254 g/mol. The van der Waals surface area contributed by atoms with Gasteiger partial charge < -0.3 is 9.84 Å². The normalized spacial score (nSPS) is 20.2. The van der Waals surface area contributed by atoms with Gasteiger partial charge in [-0.1, -0.05) is 12.1 Å². The highest BCUT2D eigenvalue weighted by atomic mass is 16.5. The number of rotatable bonds is 5. The summed E-state index contributed by atoms with van der Waals surface area (Å²) in [5.74, 6) is -0.875. The molecule has 0 aliphatic carbocycles. The minimum atomic E-state index is -0.875. The van der Waals surface area contributed by atoms with Crippen LogP contribution in [-0.2, 0) is 11.3 Å². The van der Waals surface area contributed by atoms with E-state index in [1.165, 1.54) is 0 Å². The highest BCUT2D eigenvalue weighted by Gasteiger charge is 2.21. The molecule has 0 radical (unpaired) electrons. The molecule has 1 atom stereocenters. The number of piperidine rings is 1. The van der Waals surface area contributed by atoms with Gasteiger partial charge in [0, 0.05) is 13.1 Å². The van der Waals surface area contributed by atoms with E-state index in [4.69, 9.17) is 9.84 Å². The fraction of sp³-hybridized carbons (Fsp3) is 0.562. The number of benzene rings is 1. The number of carboxylic acid groups (broad SMARTS) is 1. The first kappa shape index (κ1) is 15.0. The van der Waals surface area contributed by atoms with Crippen LogP contribution in [0.4, 0.5) is 0 Å². The lowest BCUT2D eigenvalue weighted by Gasteiger charge is -2.33. The maximum Gasteiger partial charge on any atom is 0.335 e. The molecule has 1 aliphatic heterocycles. The van der Waals surface area contributed by atoms with Gasteiger partial charge in [0.2, 0.25) is 0 Å². The van der Waals surface area contributed by atoms with Crippen molar-refractivity contribution in [2.24, 2.45) is 0 Å². The molecule has 0 bridgehead atoms. The molecule has 0 amide bonds. The molecule has 1 aromatic carbocycles. The minimum absolute atomic E-state index is 0.273. The fourth-order valence-corrected chi connectivity index (χ4v) is 2.66. The Hall–Kier alpha value is -1.39. The standard InChI is InChI=1S/C16H23NO3/c1-12(2)20-15-4-3-9-17(11-15)10-13-5-7-14(8-6-13)16(18)19/h5-8,12,15H,3-4,9-11H2,1-2H3,(H,18,19). The topological polar surface area (TPSA) is 49.8 Å². The van der Waals surface area contributed by atoms with Crippen LogP contribution in [0.25, 0.3) is 0 Å². The Morgan fingerprint density at radius 2 is 2.10 bits per heavy atom. The molecule has 0 saturated carbocycles. The molecule has 4 nitrogen and oxygen atoms in total. The first-order chi connectivity index (χ1) is 9.54. The summed E-state index contributed by atoms with van der Waals surface area (Å²) in [6, 6.07) is 7.14. The van der Waals surface area contributed by atoms with Crippen molar-refractivity contribution in [1.29, 1.82) is 0 Å². The molecule has 4 heteroatoms. The van der Waals surface area contributed by atoms with Gasteiger partial charge in [-0.15, -0.1) is 0 Å². The van der Waals surface area contributed by atoms with E-state index < -0.39 is 5.97 Å². The Labute approximate surface area is 120 Å². The second-order valence-electron chi connectivity index (χ2n) is 5.69. The van der Waals surface area contributed by atoms with E-state index in [0.29, 0.717) is 11.7 Å². The monoisotopic (exact) mass is 277 g/mol. The van der Waals surface area contributed by atoms with Crippen molar-refractivity contribution >= 4 is 5.97 Å². The van der Waals surface area contributed by atoms with Crippen LogP contribution in [-0.4, -0.2) is 41.3 Å². The lowest BCUT2D eigenvalue weighted by molar-refractivity contribution is -0.0347. The van der Waals surface area contributed by atoms with Gasteiger partial charge >= 0.3 is 5.97 Å². The van der Waals surface area contributed by atoms with E-state index >= 15 is 0 Å². The Kier molecular flexibility index (Phi) is 5.15. The summed E-state index contributed by atoms with van der Waals surface area (Å²) in [5, 5.41) is 8.89. The molecule has 1 N–H and O–H groups in total. The van der Waals surface area contributed by atoms with Crippen LogP contribution in [0, 0.1) is 0 Å². The van der Waals surface area contributed by atoms with Gasteiger partial charge in [0.25, 0.3) is 0 Å². The maximum absolute atomic E-state index is 10.8. The average molecular weight is 277 g/mol. The van der Waals surface area contributed by atoms with E-state index in [0.717, 1.165) is 38.0 Å². The zero-order valence-electron chi connectivity index (χ0n) is 12.2. The summed E-state index contributed by atoms with van der Waals surface area (Å²) in [7, 11) is 0. The van der Waals surface area contributed by atoms with Crippen molar-refractivity contribution in [2.75, 3.05) is 13.1 Å². The first-order valence-electron chi connectivity index (χ1n) is 7.24. The summed E-state index contributed by atoms with van der Waals surface area (Å²) in [5.41, 5.74) is 1.49. The van der Waals surface area contributed by atoms with Crippen LogP contribution in [0.5, 0.6) is 0 Å². The predicted molar refractivity (Wildman–Crippen MR) is 77.9 cm³/mol. The number of ether oxygens (including phenoxy) is 1. The molecule has 1 aromatic rings. The van der Waals surface area contributed by atoms with Crippen molar-refractivity contribution in [3.63, 3.8) is 0 Å². The number of nitrogens with zero attached hydrogens (tertiary/aromatic N) is 1. The third kappa shape index (κ3) is 4.32. The molecule has 110 valence electrons. The second-order valence-corrected chi connectivity index (χ2v) is 5.69. The Bertz CT molecular complexity index is 442. The molecule has 1 saturated heterocycles. The third-order valence-corrected chi connectivity index (χ3v) is 3.53. The quantitative estimate of drug-likeness (QED) is 0.899. The zero-order chi connectivity index (χ0) is 14.5. The number of aromatic carboxylic acids is 1. The highest BCUT2D eigenvalue weighted by molar-refractivity contribution is 5.87. The van der Waals surface area contributed by atoms with Crippen molar-refractivity contribution in [3.8, 4) is 0 Å². The number of carboxylic acids is 1. The van der Waals surface area contributed by atoms with Crippen molar-refractivity contribution < 1.29 is 14.6 Å². The molecule has 1 fully saturated rings. The zero-order valence-corrected chi connectivity index (χ0v) is 12.2. The van der Waals surface area contributed by atoms with Gasteiger partial charge in [0.1, 0.15) is 0 Å². The molecule has 0 spiro atoms. The average Bonchev–Trinajstić information content (AvgIpc) is 2.39. The first-order valence-corrected chi connectivity index (χ1v) is 7.24. The second kappa shape index (κ2) is 6.86. The third-order valence-electron chi connectivity index (χ3n) is 3.53. The Balaban J connectivity index is 1.90. The van der Waals surface area contributed by atoms with Crippen molar-refractivity contribution in [2.45, 2.75) is 45.4 Å². The SMILES string of the molecule is CC(C)OC1CCCN(Cc2ccc(C(=O)O)cc2)C1. The smallest absolute Gasteiger partial charge is 0.335 e. The van der Waals surface area contributed by atoms with Crippen LogP contribution < -0.4 is 0 Å². The van der Waals surface area contributed by atoms with Crippen LogP contribution in [0.15, 0.2) is 24.3 Å². The van der Waals surface area contributed by atoms with Gasteiger partial charge in [-0.25, -0.2) is 4.79 Å². The Morgan fingerprint density at radius 3 is 2.70 bits per heavy atom. The van der Waals surface area contributed by atoms with Crippen LogP contribution in [0.3, 0.4) is 0 Å². The number of hydrogen-bond donors (Lipinski definition) is 1. The number of likely N-dealkylation sites (tertiary alicyclic amines) is 1. The van der Waals surface area contributed by atoms with E-state index in [1.54, 1.807) is 12.1 Å². The summed E-state index contributed by atoms with van der Waals surface area (Å²) < 4.78 is 5.89. The maximum atomic E-state index is 10.8. The molecular formula is C16H23NO3. The highest BCUT2D eigenvalue weighted by Crippen LogP contribution is 2.17. The lowest BCUT2D eigenvalue weighted by Crippen LogP contribution is -2.40. The Morgan fingerprint density at radius 1 is 1.40 bits per heavy atom. The van der Waals surface area contributed by atoms with Gasteiger partial charge in [-0.2, -0.15) is 0 Å². The summed E-state index contributed by atoms with van der Waals surface area (Å²) >= 11 is 0. The van der Waals surface area contributed by atoms with Crippen LogP contribution in [0.1, 0.15) is 42.6 Å². The number of carbonyl (C=O) groups is 1.